The van der Waals surface area contributed by atoms with Gasteiger partial charge in [0.15, 0.2) is 0 Å². The Labute approximate surface area is 92.8 Å². The fourth-order valence-electron chi connectivity index (χ4n) is 2.33. The third-order valence-electron chi connectivity index (χ3n) is 2.97. The molecule has 2 rings (SSSR count). The van der Waals surface area contributed by atoms with Gasteiger partial charge in [-0.25, -0.2) is 4.79 Å². The number of amides is 1. The molecule has 2 aliphatic rings. The van der Waals surface area contributed by atoms with Crippen molar-refractivity contribution in [2.45, 2.75) is 65.6 Å². The van der Waals surface area contributed by atoms with Gasteiger partial charge in [-0.15, -0.1) is 0 Å². The summed E-state index contributed by atoms with van der Waals surface area (Å²) in [4.78, 5) is 13.7. The Kier molecular flexibility index (Phi) is 3.04. The lowest BCUT2D eigenvalue weighted by molar-refractivity contribution is 0.0199. The van der Waals surface area contributed by atoms with Crippen LogP contribution in [0.2, 0.25) is 0 Å². The molecule has 2 fully saturated rings. The van der Waals surface area contributed by atoms with Crippen LogP contribution >= 0.6 is 0 Å². The molecule has 0 unspecified atom stereocenters. The number of carbonyl (C=O) groups excluding carboxylic acids is 1. The second kappa shape index (κ2) is 3.69. The molecule has 3 atom stereocenters. The van der Waals surface area contributed by atoms with Gasteiger partial charge in [0.05, 0.1) is 0 Å². The van der Waals surface area contributed by atoms with E-state index in [-0.39, 0.29) is 19.1 Å². The van der Waals surface area contributed by atoms with Gasteiger partial charge in [0.2, 0.25) is 0 Å². The average Bonchev–Trinajstić information content (AvgIpc) is 2.58. The molecule has 1 amide bonds. The molecule has 1 heterocycles. The van der Waals surface area contributed by atoms with E-state index in [0.717, 1.165) is 12.3 Å². The zero-order chi connectivity index (χ0) is 10.5. The highest BCUT2D eigenvalue weighted by Gasteiger charge is 2.53. The molecular weight excluding hydrogens is 190 g/mol. The molecule has 15 heavy (non-hydrogen) atoms. The summed E-state index contributed by atoms with van der Waals surface area (Å²) in [7, 11) is 0. The van der Waals surface area contributed by atoms with Crippen LogP contribution in [0.15, 0.2) is 0 Å². The summed E-state index contributed by atoms with van der Waals surface area (Å²) in [6, 6.07) is 0.855. The second-order valence-electron chi connectivity index (χ2n) is 5.54. The zero-order valence-electron chi connectivity index (χ0n) is 9.41. The predicted octanol–water partition coefficient (Wildman–Crippen LogP) is 3.04. The summed E-state index contributed by atoms with van der Waals surface area (Å²) in [6.07, 6.45) is 2.21. The van der Waals surface area contributed by atoms with Gasteiger partial charge >= 0.3 is 6.09 Å². The van der Waals surface area contributed by atoms with Crippen molar-refractivity contribution in [1.82, 2.24) is 4.90 Å². The maximum Gasteiger partial charge on any atom is 0.410 e. The first kappa shape index (κ1) is 12.3. The Morgan fingerprint density at radius 3 is 2.33 bits per heavy atom. The van der Waals surface area contributed by atoms with Crippen LogP contribution in [-0.4, -0.2) is 28.7 Å². The third kappa shape index (κ3) is 2.44. The number of fused-ring (bicyclic) bond motifs is 1. The van der Waals surface area contributed by atoms with E-state index in [1.807, 2.05) is 25.7 Å². The van der Waals surface area contributed by atoms with Gasteiger partial charge in [-0.1, -0.05) is 7.43 Å². The van der Waals surface area contributed by atoms with Gasteiger partial charge in [0.1, 0.15) is 5.60 Å². The van der Waals surface area contributed by atoms with Crippen molar-refractivity contribution in [2.75, 3.05) is 0 Å². The van der Waals surface area contributed by atoms with Crippen LogP contribution in [0.1, 0.15) is 48.0 Å². The highest BCUT2D eigenvalue weighted by atomic mass is 16.6. The van der Waals surface area contributed by atoms with Crippen LogP contribution in [-0.2, 0) is 4.74 Å². The first-order chi connectivity index (χ1) is 6.38. The van der Waals surface area contributed by atoms with Crippen LogP contribution < -0.4 is 0 Å². The van der Waals surface area contributed by atoms with Crippen LogP contribution in [0.5, 0.6) is 0 Å². The molecule has 3 nitrogen and oxygen atoms in total. The normalized spacial score (nSPS) is 33.1. The topological polar surface area (TPSA) is 29.5 Å². The molecule has 0 radical (unpaired) electrons. The van der Waals surface area contributed by atoms with E-state index in [9.17, 15) is 4.79 Å². The molecule has 0 bridgehead atoms. The van der Waals surface area contributed by atoms with Crippen LogP contribution in [0, 0.1) is 5.92 Å². The van der Waals surface area contributed by atoms with Crippen molar-refractivity contribution < 1.29 is 9.53 Å². The Morgan fingerprint density at radius 1 is 1.33 bits per heavy atom. The molecule has 1 saturated heterocycles. The monoisotopic (exact) mass is 213 g/mol. The van der Waals surface area contributed by atoms with Gasteiger partial charge in [0, 0.05) is 12.1 Å². The number of carbonyl (C=O) groups is 1. The Bertz CT molecular complexity index is 255. The average molecular weight is 213 g/mol. The van der Waals surface area contributed by atoms with E-state index in [2.05, 4.69) is 6.92 Å². The lowest BCUT2D eigenvalue weighted by atomic mass is 10.2. The van der Waals surface area contributed by atoms with Gasteiger partial charge in [-0.2, -0.15) is 0 Å². The van der Waals surface area contributed by atoms with Gasteiger partial charge < -0.3 is 9.64 Å². The van der Waals surface area contributed by atoms with E-state index < -0.39 is 0 Å². The molecule has 0 spiro atoms. The van der Waals surface area contributed by atoms with Crippen molar-refractivity contribution >= 4 is 6.09 Å². The summed E-state index contributed by atoms with van der Waals surface area (Å²) in [5.41, 5.74) is -0.371. The molecule has 88 valence electrons. The smallest absolute Gasteiger partial charge is 0.410 e. The Hall–Kier alpha value is -0.730. The quantitative estimate of drug-likeness (QED) is 0.619. The first-order valence-electron chi connectivity index (χ1n) is 5.40. The van der Waals surface area contributed by atoms with Crippen molar-refractivity contribution in [3.63, 3.8) is 0 Å². The minimum absolute atomic E-state index is 0. The molecular formula is C12H23NO2. The standard InChI is InChI=1S/C11H19NO2.CH4/c1-7-5-8-6-9(8)12(7)10(13)14-11(2,3)4;/h7-9H,5-6H2,1-4H3;1H4/t7-,8-,9+;/m1./s1. The highest BCUT2D eigenvalue weighted by Crippen LogP contribution is 2.48. The fraction of sp³-hybridized carbons (Fsp3) is 0.917. The van der Waals surface area contributed by atoms with Gasteiger partial charge in [-0.3, -0.25) is 0 Å². The molecule has 0 aromatic rings. The van der Waals surface area contributed by atoms with Crippen LogP contribution in [0.25, 0.3) is 0 Å². The SMILES string of the molecule is C.C[C@@H]1C[C@@H]2C[C@@H]2N1C(=O)OC(C)(C)C. The highest BCUT2D eigenvalue weighted by molar-refractivity contribution is 5.70. The molecule has 1 aliphatic heterocycles. The summed E-state index contributed by atoms with van der Waals surface area (Å²) >= 11 is 0. The van der Waals surface area contributed by atoms with Crippen molar-refractivity contribution in [1.29, 1.82) is 0 Å². The van der Waals surface area contributed by atoms with Crippen molar-refractivity contribution in [3.8, 4) is 0 Å². The zero-order valence-corrected chi connectivity index (χ0v) is 9.41. The van der Waals surface area contributed by atoms with E-state index >= 15 is 0 Å². The van der Waals surface area contributed by atoms with E-state index in [4.69, 9.17) is 4.74 Å². The van der Waals surface area contributed by atoms with Gasteiger partial charge in [-0.05, 0) is 46.5 Å². The van der Waals surface area contributed by atoms with Crippen molar-refractivity contribution in [2.24, 2.45) is 5.92 Å². The summed E-state index contributed by atoms with van der Waals surface area (Å²) in [5.74, 6) is 0.762. The van der Waals surface area contributed by atoms with Crippen molar-refractivity contribution in [3.05, 3.63) is 0 Å². The molecule has 0 aromatic heterocycles. The van der Waals surface area contributed by atoms with E-state index in [1.165, 1.54) is 6.42 Å². The minimum Gasteiger partial charge on any atom is -0.444 e. The lowest BCUT2D eigenvalue weighted by Gasteiger charge is -2.28. The first-order valence-corrected chi connectivity index (χ1v) is 5.40. The number of hydrogen-bond donors (Lipinski definition) is 0. The molecule has 1 saturated carbocycles. The maximum atomic E-state index is 11.8. The number of piperidine rings is 1. The lowest BCUT2D eigenvalue weighted by Crippen LogP contribution is -2.40. The molecule has 3 heteroatoms. The fourth-order valence-corrected chi connectivity index (χ4v) is 2.33. The summed E-state index contributed by atoms with van der Waals surface area (Å²) < 4.78 is 5.38. The Morgan fingerprint density at radius 2 is 1.93 bits per heavy atom. The van der Waals surface area contributed by atoms with Crippen LogP contribution in [0.4, 0.5) is 4.79 Å². The van der Waals surface area contributed by atoms with Crippen LogP contribution in [0.3, 0.4) is 0 Å². The van der Waals surface area contributed by atoms with E-state index in [1.54, 1.807) is 0 Å². The number of rotatable bonds is 0. The number of likely N-dealkylation sites (tertiary alicyclic amines) is 1. The predicted molar refractivity (Wildman–Crippen MR) is 60.8 cm³/mol. The number of nitrogens with zero attached hydrogens (tertiary/aromatic N) is 1. The second-order valence-corrected chi connectivity index (χ2v) is 5.54. The largest absolute Gasteiger partial charge is 0.444 e. The minimum atomic E-state index is -0.371. The summed E-state index contributed by atoms with van der Waals surface area (Å²) in [5, 5.41) is 0. The maximum absolute atomic E-state index is 11.8. The van der Waals surface area contributed by atoms with Gasteiger partial charge in [0.25, 0.3) is 0 Å². The van der Waals surface area contributed by atoms with E-state index in [0.29, 0.717) is 12.1 Å². The molecule has 0 N–H and O–H groups in total. The summed E-state index contributed by atoms with van der Waals surface area (Å²) in [6.45, 7) is 7.85. The Balaban J connectivity index is 0.00000112. The molecule has 0 aromatic carbocycles. The number of ether oxygens (including phenoxy) is 1. The third-order valence-corrected chi connectivity index (χ3v) is 2.97. The number of hydrogen-bond acceptors (Lipinski definition) is 2. The molecule has 1 aliphatic carbocycles.